The van der Waals surface area contributed by atoms with E-state index in [1.54, 1.807) is 30.7 Å². The van der Waals surface area contributed by atoms with E-state index in [0.717, 1.165) is 5.56 Å². The number of hydrogen-bond donors (Lipinski definition) is 1. The van der Waals surface area contributed by atoms with Crippen LogP contribution >= 0.6 is 23.1 Å². The number of aliphatic hydroxyl groups excluding tert-OH is 1. The highest BCUT2D eigenvalue weighted by Crippen LogP contribution is 2.27. The Kier molecular flexibility index (Phi) is 3.93. The van der Waals surface area contributed by atoms with Gasteiger partial charge in [-0.1, -0.05) is 16.1 Å². The summed E-state index contributed by atoms with van der Waals surface area (Å²) in [5.41, 5.74) is 1.41. The van der Waals surface area contributed by atoms with E-state index in [0.29, 0.717) is 22.9 Å². The predicted molar refractivity (Wildman–Crippen MR) is 66.6 cm³/mol. The third-order valence-corrected chi connectivity index (χ3v) is 3.13. The molecule has 1 heterocycles. The molecule has 90 valence electrons. The highest BCUT2D eigenvalue weighted by atomic mass is 35.5. The smallest absolute Gasteiger partial charge is 0.122 e. The molecule has 1 atom stereocenters. The van der Waals surface area contributed by atoms with Crippen molar-refractivity contribution in [1.29, 1.82) is 0 Å². The molecule has 6 heteroatoms. The summed E-state index contributed by atoms with van der Waals surface area (Å²) < 4.78 is 8.93. The van der Waals surface area contributed by atoms with E-state index in [1.165, 1.54) is 11.5 Å². The van der Waals surface area contributed by atoms with Crippen LogP contribution in [0.1, 0.15) is 17.4 Å². The van der Waals surface area contributed by atoms with Gasteiger partial charge in [0.25, 0.3) is 0 Å². The molecule has 0 saturated heterocycles. The quantitative estimate of drug-likeness (QED) is 0.927. The Balaban J connectivity index is 2.20. The van der Waals surface area contributed by atoms with Gasteiger partial charge in [-0.3, -0.25) is 0 Å². The zero-order valence-electron chi connectivity index (χ0n) is 9.13. The van der Waals surface area contributed by atoms with Crippen LogP contribution in [0, 0.1) is 0 Å². The molecule has 0 aliphatic heterocycles. The lowest BCUT2D eigenvalue weighted by molar-refractivity contribution is 0.172. The molecule has 2 aromatic rings. The molecular weight excluding hydrogens is 260 g/mol. The van der Waals surface area contributed by atoms with Crippen molar-refractivity contribution < 1.29 is 9.84 Å². The topological polar surface area (TPSA) is 55.2 Å². The molecule has 0 aliphatic rings. The van der Waals surface area contributed by atoms with Gasteiger partial charge in [0.15, 0.2) is 0 Å². The largest absolute Gasteiger partial charge is 0.496 e. The first-order valence-corrected chi connectivity index (χ1v) is 6.19. The van der Waals surface area contributed by atoms with Crippen LogP contribution in [0.2, 0.25) is 5.02 Å². The van der Waals surface area contributed by atoms with E-state index in [1.807, 2.05) is 0 Å². The highest BCUT2D eigenvalue weighted by molar-refractivity contribution is 7.03. The van der Waals surface area contributed by atoms with Crippen LogP contribution in [-0.4, -0.2) is 21.8 Å². The van der Waals surface area contributed by atoms with Crippen molar-refractivity contribution in [2.75, 3.05) is 7.11 Å². The number of methoxy groups -OCH3 is 1. The molecule has 4 nitrogen and oxygen atoms in total. The van der Waals surface area contributed by atoms with Crippen molar-refractivity contribution in [2.45, 2.75) is 12.5 Å². The van der Waals surface area contributed by atoms with Gasteiger partial charge >= 0.3 is 0 Å². The maximum absolute atomic E-state index is 9.98. The summed E-state index contributed by atoms with van der Waals surface area (Å²) in [5.74, 6) is 0.705. The van der Waals surface area contributed by atoms with Gasteiger partial charge in [0.05, 0.1) is 7.11 Å². The Labute approximate surface area is 108 Å². The first-order valence-electron chi connectivity index (χ1n) is 4.98. The summed E-state index contributed by atoms with van der Waals surface area (Å²) in [6, 6.07) is 5.31. The molecule has 2 rings (SSSR count). The van der Waals surface area contributed by atoms with Gasteiger partial charge in [0.2, 0.25) is 0 Å². The fraction of sp³-hybridized carbons (Fsp3) is 0.273. The van der Waals surface area contributed by atoms with Gasteiger partial charge in [0, 0.05) is 16.8 Å². The number of benzene rings is 1. The van der Waals surface area contributed by atoms with Crippen LogP contribution in [0.25, 0.3) is 0 Å². The molecule has 1 unspecified atom stereocenters. The number of nitrogens with zero attached hydrogens (tertiary/aromatic N) is 2. The van der Waals surface area contributed by atoms with Crippen LogP contribution in [-0.2, 0) is 6.42 Å². The second-order valence-electron chi connectivity index (χ2n) is 3.51. The molecule has 1 aromatic carbocycles. The fourth-order valence-electron chi connectivity index (χ4n) is 1.54. The SMILES string of the molecule is COc1ccc(Cl)cc1CC(O)c1csnn1. The second-order valence-corrected chi connectivity index (χ2v) is 4.55. The Morgan fingerprint density at radius 1 is 1.53 bits per heavy atom. The summed E-state index contributed by atoms with van der Waals surface area (Å²) in [6.45, 7) is 0. The van der Waals surface area contributed by atoms with E-state index >= 15 is 0 Å². The summed E-state index contributed by atoms with van der Waals surface area (Å²) >= 11 is 7.13. The monoisotopic (exact) mass is 270 g/mol. The zero-order valence-corrected chi connectivity index (χ0v) is 10.7. The van der Waals surface area contributed by atoms with Crippen LogP contribution in [0.3, 0.4) is 0 Å². The van der Waals surface area contributed by atoms with Crippen LogP contribution < -0.4 is 4.74 Å². The van der Waals surface area contributed by atoms with E-state index < -0.39 is 6.10 Å². The van der Waals surface area contributed by atoms with Gasteiger partial charge < -0.3 is 9.84 Å². The lowest BCUT2D eigenvalue weighted by Crippen LogP contribution is -2.04. The molecule has 0 bridgehead atoms. The molecule has 1 N–H and O–H groups in total. The van der Waals surface area contributed by atoms with E-state index in [2.05, 4.69) is 9.59 Å². The number of rotatable bonds is 4. The lowest BCUT2D eigenvalue weighted by atomic mass is 10.1. The van der Waals surface area contributed by atoms with Gasteiger partial charge in [-0.05, 0) is 35.3 Å². The highest BCUT2D eigenvalue weighted by Gasteiger charge is 2.14. The van der Waals surface area contributed by atoms with Crippen molar-refractivity contribution in [2.24, 2.45) is 0 Å². The van der Waals surface area contributed by atoms with Gasteiger partial charge in [0.1, 0.15) is 17.5 Å². The third-order valence-electron chi connectivity index (χ3n) is 2.37. The summed E-state index contributed by atoms with van der Waals surface area (Å²) in [7, 11) is 1.59. The average molecular weight is 271 g/mol. The molecule has 17 heavy (non-hydrogen) atoms. The van der Waals surface area contributed by atoms with Crippen molar-refractivity contribution in [3.8, 4) is 5.75 Å². The second kappa shape index (κ2) is 5.44. The average Bonchev–Trinajstić information content (AvgIpc) is 2.83. The van der Waals surface area contributed by atoms with Gasteiger partial charge in [-0.2, -0.15) is 0 Å². The van der Waals surface area contributed by atoms with E-state index in [4.69, 9.17) is 16.3 Å². The van der Waals surface area contributed by atoms with Crippen molar-refractivity contribution >= 4 is 23.1 Å². The normalized spacial score (nSPS) is 12.4. The third kappa shape index (κ3) is 2.94. The van der Waals surface area contributed by atoms with Gasteiger partial charge in [-0.15, -0.1) is 5.10 Å². The first-order chi connectivity index (χ1) is 8.20. The number of halogens is 1. The molecular formula is C11H11ClN2O2S. The lowest BCUT2D eigenvalue weighted by Gasteiger charge is -2.11. The first kappa shape index (κ1) is 12.3. The molecule has 0 saturated carbocycles. The van der Waals surface area contributed by atoms with Gasteiger partial charge in [-0.25, -0.2) is 0 Å². The fourth-order valence-corrected chi connectivity index (χ4v) is 2.23. The molecule has 0 spiro atoms. The standard InChI is InChI=1S/C11H11ClN2O2S/c1-16-11-3-2-8(12)4-7(11)5-10(15)9-6-17-14-13-9/h2-4,6,10,15H,5H2,1H3. The van der Waals surface area contributed by atoms with Crippen molar-refractivity contribution in [3.05, 3.63) is 39.9 Å². The maximum atomic E-state index is 9.98. The summed E-state index contributed by atoms with van der Waals surface area (Å²) in [6.07, 6.45) is -0.295. The van der Waals surface area contributed by atoms with Crippen LogP contribution in [0.15, 0.2) is 23.6 Å². The summed E-state index contributed by atoms with van der Waals surface area (Å²) in [5, 5.41) is 16.2. The Morgan fingerprint density at radius 3 is 3.00 bits per heavy atom. The Morgan fingerprint density at radius 2 is 2.35 bits per heavy atom. The minimum Gasteiger partial charge on any atom is -0.496 e. The van der Waals surface area contributed by atoms with Crippen LogP contribution in [0.5, 0.6) is 5.75 Å². The Hall–Kier alpha value is -1.17. The molecule has 0 amide bonds. The minimum atomic E-state index is -0.693. The zero-order chi connectivity index (χ0) is 12.3. The maximum Gasteiger partial charge on any atom is 0.122 e. The molecule has 0 aliphatic carbocycles. The molecule has 0 fully saturated rings. The summed E-state index contributed by atoms with van der Waals surface area (Å²) in [4.78, 5) is 0. The van der Waals surface area contributed by atoms with Crippen molar-refractivity contribution in [3.63, 3.8) is 0 Å². The number of hydrogen-bond acceptors (Lipinski definition) is 5. The number of ether oxygens (including phenoxy) is 1. The number of aromatic nitrogens is 2. The molecule has 0 radical (unpaired) electrons. The van der Waals surface area contributed by atoms with Crippen molar-refractivity contribution in [1.82, 2.24) is 9.59 Å². The van der Waals surface area contributed by atoms with E-state index in [9.17, 15) is 5.11 Å². The minimum absolute atomic E-state index is 0.398. The van der Waals surface area contributed by atoms with E-state index in [-0.39, 0.29) is 0 Å². The molecule has 1 aromatic heterocycles. The van der Waals surface area contributed by atoms with Crippen LogP contribution in [0.4, 0.5) is 0 Å². The Bertz CT molecular complexity index is 490. The predicted octanol–water partition coefficient (Wildman–Crippen LogP) is 2.48. The number of aliphatic hydroxyl groups is 1.